The Morgan fingerprint density at radius 1 is 0.973 bits per heavy atom. The first kappa shape index (κ1) is 24.9. The highest BCUT2D eigenvalue weighted by molar-refractivity contribution is 6.30. The van der Waals surface area contributed by atoms with E-state index in [1.54, 1.807) is 26.4 Å². The summed E-state index contributed by atoms with van der Waals surface area (Å²) in [6.07, 6.45) is 0.852. The zero-order chi connectivity index (χ0) is 25.9. The molecule has 4 aromatic rings. The van der Waals surface area contributed by atoms with Gasteiger partial charge in [0.05, 0.1) is 32.7 Å². The van der Waals surface area contributed by atoms with Gasteiger partial charge < -0.3 is 14.8 Å². The Labute approximate surface area is 224 Å². The maximum Gasteiger partial charge on any atom is 0.250 e. The number of benzene rings is 3. The SMILES string of the molecule is COc1ccc(CC(=O)Nc2nc3n(n2)C(c2ccc(Cl)cc2)CC(c2ccc(Cl)cc2)N3)cc1OC. The van der Waals surface area contributed by atoms with E-state index in [1.807, 2.05) is 59.3 Å². The topological polar surface area (TPSA) is 90.3 Å². The van der Waals surface area contributed by atoms with Crippen LogP contribution in [0, 0.1) is 0 Å². The number of halogens is 2. The molecule has 8 nitrogen and oxygen atoms in total. The lowest BCUT2D eigenvalue weighted by molar-refractivity contribution is -0.115. The fraction of sp³-hybridized carbons (Fsp3) is 0.222. The van der Waals surface area contributed by atoms with Gasteiger partial charge in [0.15, 0.2) is 11.5 Å². The molecule has 2 unspecified atom stereocenters. The number of hydrogen-bond donors (Lipinski definition) is 2. The minimum absolute atomic E-state index is 0.0232. The summed E-state index contributed by atoms with van der Waals surface area (Å²) in [6.45, 7) is 0. The van der Waals surface area contributed by atoms with E-state index in [0.29, 0.717) is 27.5 Å². The fourth-order valence-electron chi connectivity index (χ4n) is 4.45. The van der Waals surface area contributed by atoms with Crippen molar-refractivity contribution in [2.75, 3.05) is 24.9 Å². The smallest absolute Gasteiger partial charge is 0.250 e. The van der Waals surface area contributed by atoms with Gasteiger partial charge in [0.1, 0.15) is 0 Å². The van der Waals surface area contributed by atoms with E-state index in [0.717, 1.165) is 23.1 Å². The van der Waals surface area contributed by atoms with Gasteiger partial charge in [-0.25, -0.2) is 4.68 Å². The lowest BCUT2D eigenvalue weighted by atomic mass is 9.93. The van der Waals surface area contributed by atoms with Gasteiger partial charge in [-0.3, -0.25) is 10.1 Å². The third kappa shape index (κ3) is 5.50. The van der Waals surface area contributed by atoms with Gasteiger partial charge in [-0.05, 0) is 59.5 Å². The first-order chi connectivity index (χ1) is 17.9. The number of carbonyl (C=O) groups is 1. The van der Waals surface area contributed by atoms with Gasteiger partial charge in [0.2, 0.25) is 11.9 Å². The summed E-state index contributed by atoms with van der Waals surface area (Å²) in [5.74, 6) is 1.71. The molecule has 1 aliphatic heterocycles. The van der Waals surface area contributed by atoms with Crippen molar-refractivity contribution in [3.8, 4) is 11.5 Å². The van der Waals surface area contributed by atoms with Gasteiger partial charge in [-0.1, -0.05) is 53.5 Å². The van der Waals surface area contributed by atoms with Crippen molar-refractivity contribution in [1.82, 2.24) is 14.8 Å². The van der Waals surface area contributed by atoms with Gasteiger partial charge in [-0.15, -0.1) is 5.10 Å². The Kier molecular flexibility index (Phi) is 7.21. The molecule has 2 atom stereocenters. The predicted molar refractivity (Wildman–Crippen MR) is 144 cm³/mol. The van der Waals surface area contributed by atoms with E-state index in [4.69, 9.17) is 32.7 Å². The Morgan fingerprint density at radius 3 is 2.27 bits per heavy atom. The van der Waals surface area contributed by atoms with E-state index in [2.05, 4.69) is 20.7 Å². The molecule has 37 heavy (non-hydrogen) atoms. The van der Waals surface area contributed by atoms with Crippen molar-refractivity contribution in [1.29, 1.82) is 0 Å². The second kappa shape index (κ2) is 10.7. The second-order valence-electron chi connectivity index (χ2n) is 8.67. The van der Waals surface area contributed by atoms with Crippen LogP contribution in [0.25, 0.3) is 0 Å². The molecule has 0 saturated carbocycles. The molecule has 10 heteroatoms. The van der Waals surface area contributed by atoms with Crippen LogP contribution >= 0.6 is 23.2 Å². The summed E-state index contributed by atoms with van der Waals surface area (Å²) in [6, 6.07) is 20.7. The number of ether oxygens (including phenoxy) is 2. The van der Waals surface area contributed by atoms with Crippen molar-refractivity contribution in [3.05, 3.63) is 93.5 Å². The zero-order valence-electron chi connectivity index (χ0n) is 20.2. The van der Waals surface area contributed by atoms with Crippen LogP contribution in [0.4, 0.5) is 11.9 Å². The molecule has 190 valence electrons. The largest absolute Gasteiger partial charge is 0.493 e. The van der Waals surface area contributed by atoms with Crippen LogP contribution in [0.5, 0.6) is 11.5 Å². The minimum atomic E-state index is -0.243. The van der Waals surface area contributed by atoms with E-state index in [-0.39, 0.29) is 30.4 Å². The Bertz CT molecular complexity index is 1410. The van der Waals surface area contributed by atoms with Gasteiger partial charge in [0, 0.05) is 10.0 Å². The number of aromatic nitrogens is 3. The molecule has 5 rings (SSSR count). The van der Waals surface area contributed by atoms with Crippen molar-refractivity contribution >= 4 is 41.0 Å². The normalized spacial score (nSPS) is 16.4. The molecular weight excluding hydrogens is 513 g/mol. The maximum atomic E-state index is 12.8. The number of nitrogens with one attached hydrogen (secondary N) is 2. The van der Waals surface area contributed by atoms with Gasteiger partial charge in [0.25, 0.3) is 5.95 Å². The molecule has 2 N–H and O–H groups in total. The molecule has 0 radical (unpaired) electrons. The molecule has 1 aliphatic rings. The average Bonchev–Trinajstić information content (AvgIpc) is 3.31. The molecule has 0 spiro atoms. The first-order valence-corrected chi connectivity index (χ1v) is 12.4. The summed E-state index contributed by atoms with van der Waals surface area (Å²) >= 11 is 12.2. The lowest BCUT2D eigenvalue weighted by Crippen LogP contribution is -2.28. The van der Waals surface area contributed by atoms with Crippen molar-refractivity contribution in [3.63, 3.8) is 0 Å². The number of amides is 1. The number of fused-ring (bicyclic) bond motifs is 1. The van der Waals surface area contributed by atoms with Crippen LogP contribution in [0.3, 0.4) is 0 Å². The number of hydrogen-bond acceptors (Lipinski definition) is 6. The van der Waals surface area contributed by atoms with Crippen molar-refractivity contribution in [2.24, 2.45) is 0 Å². The quantitative estimate of drug-likeness (QED) is 0.303. The first-order valence-electron chi connectivity index (χ1n) is 11.7. The summed E-state index contributed by atoms with van der Waals surface area (Å²) in [5, 5.41) is 12.2. The summed E-state index contributed by atoms with van der Waals surface area (Å²) in [5.41, 5.74) is 2.90. The summed E-state index contributed by atoms with van der Waals surface area (Å²) in [4.78, 5) is 17.4. The Balaban J connectivity index is 1.39. The molecule has 3 aromatic carbocycles. The highest BCUT2D eigenvalue weighted by atomic mass is 35.5. The Morgan fingerprint density at radius 2 is 1.62 bits per heavy atom. The van der Waals surface area contributed by atoms with Crippen LogP contribution in [0.1, 0.15) is 35.2 Å². The van der Waals surface area contributed by atoms with E-state index >= 15 is 0 Å². The number of anilines is 2. The molecule has 1 aromatic heterocycles. The molecule has 0 aliphatic carbocycles. The molecular formula is C27H25Cl2N5O3. The predicted octanol–water partition coefficient (Wildman–Crippen LogP) is 5.93. The van der Waals surface area contributed by atoms with E-state index < -0.39 is 0 Å². The third-order valence-electron chi connectivity index (χ3n) is 6.28. The summed E-state index contributed by atoms with van der Waals surface area (Å²) in [7, 11) is 3.13. The molecule has 0 saturated heterocycles. The highest BCUT2D eigenvalue weighted by Gasteiger charge is 2.31. The van der Waals surface area contributed by atoms with Crippen molar-refractivity contribution in [2.45, 2.75) is 24.9 Å². The number of nitrogens with zero attached hydrogens (tertiary/aromatic N) is 3. The van der Waals surface area contributed by atoms with Crippen LogP contribution in [-0.4, -0.2) is 34.9 Å². The van der Waals surface area contributed by atoms with Gasteiger partial charge >= 0.3 is 0 Å². The number of carbonyl (C=O) groups excluding carboxylic acids is 1. The fourth-order valence-corrected chi connectivity index (χ4v) is 4.70. The third-order valence-corrected chi connectivity index (χ3v) is 6.78. The summed E-state index contributed by atoms with van der Waals surface area (Å²) < 4.78 is 12.4. The monoisotopic (exact) mass is 537 g/mol. The van der Waals surface area contributed by atoms with Crippen LogP contribution in [0.2, 0.25) is 10.0 Å². The molecule has 0 fully saturated rings. The van der Waals surface area contributed by atoms with Crippen LogP contribution in [-0.2, 0) is 11.2 Å². The molecule has 1 amide bonds. The second-order valence-corrected chi connectivity index (χ2v) is 9.54. The van der Waals surface area contributed by atoms with Crippen molar-refractivity contribution < 1.29 is 14.3 Å². The number of methoxy groups -OCH3 is 2. The highest BCUT2D eigenvalue weighted by Crippen LogP contribution is 2.38. The average molecular weight is 538 g/mol. The van der Waals surface area contributed by atoms with E-state index in [9.17, 15) is 4.79 Å². The van der Waals surface area contributed by atoms with Gasteiger partial charge in [-0.2, -0.15) is 4.98 Å². The lowest BCUT2D eigenvalue weighted by Gasteiger charge is -2.31. The van der Waals surface area contributed by atoms with Crippen LogP contribution in [0.15, 0.2) is 66.7 Å². The standard InChI is InChI=1S/C27H25Cl2N5O3/c1-36-23-12-3-16(13-24(23)37-2)14-25(35)31-26-32-27-30-21(17-4-8-19(28)9-5-17)15-22(34(27)33-26)18-6-10-20(29)11-7-18/h3-13,21-22H,14-15H2,1-2H3,(H2,30,31,32,33,35). The molecule has 2 heterocycles. The maximum absolute atomic E-state index is 12.8. The Hall–Kier alpha value is -3.75. The zero-order valence-corrected chi connectivity index (χ0v) is 21.8. The minimum Gasteiger partial charge on any atom is -0.493 e. The molecule has 0 bridgehead atoms. The van der Waals surface area contributed by atoms with Crippen LogP contribution < -0.4 is 20.1 Å². The number of rotatable bonds is 7. The van der Waals surface area contributed by atoms with E-state index in [1.165, 1.54) is 0 Å².